The van der Waals surface area contributed by atoms with Gasteiger partial charge in [0.15, 0.2) is 11.5 Å². The number of aromatic amines is 1. The third-order valence-electron chi connectivity index (χ3n) is 4.62. The van der Waals surface area contributed by atoms with E-state index in [0.717, 1.165) is 22.2 Å². The van der Waals surface area contributed by atoms with E-state index in [4.69, 9.17) is 4.74 Å². The third kappa shape index (κ3) is 2.56. The molecule has 7 heteroatoms. The lowest BCUT2D eigenvalue weighted by molar-refractivity contribution is 0.374. The van der Waals surface area contributed by atoms with Crippen LogP contribution in [-0.2, 0) is 23.0 Å². The monoisotopic (exact) mass is 358 g/mol. The number of nitrogens with zero attached hydrogens (tertiary/aromatic N) is 1. The molecule has 2 N–H and O–H groups in total. The number of nitrogens with one attached hydrogen (secondary N) is 1. The maximum Gasteiger partial charge on any atom is 0.243 e. The van der Waals surface area contributed by atoms with Crippen LogP contribution in [0.4, 0.5) is 0 Å². The molecular weight excluding hydrogens is 340 g/mol. The minimum atomic E-state index is -3.54. The molecule has 0 atom stereocenters. The molecule has 0 fully saturated rings. The highest BCUT2D eigenvalue weighted by molar-refractivity contribution is 7.89. The molecule has 130 valence electrons. The van der Waals surface area contributed by atoms with E-state index in [0.29, 0.717) is 23.6 Å². The summed E-state index contributed by atoms with van der Waals surface area (Å²) in [5.74, 6) is 0.430. The highest BCUT2D eigenvalue weighted by atomic mass is 32.2. The number of aromatic hydroxyl groups is 1. The third-order valence-corrected chi connectivity index (χ3v) is 6.48. The second kappa shape index (κ2) is 5.79. The van der Waals surface area contributed by atoms with E-state index >= 15 is 0 Å². The van der Waals surface area contributed by atoms with E-state index in [1.54, 1.807) is 42.5 Å². The highest BCUT2D eigenvalue weighted by Gasteiger charge is 2.30. The number of hydrogen-bond acceptors (Lipinski definition) is 4. The van der Waals surface area contributed by atoms with Gasteiger partial charge in [-0.3, -0.25) is 0 Å². The number of sulfonamides is 1. The molecule has 0 spiro atoms. The van der Waals surface area contributed by atoms with Gasteiger partial charge in [-0.05, 0) is 23.8 Å². The molecule has 1 aromatic heterocycles. The highest BCUT2D eigenvalue weighted by Crippen LogP contribution is 2.36. The molecule has 0 aliphatic carbocycles. The molecular formula is C18H18N2O4S. The zero-order valence-electron chi connectivity index (χ0n) is 13.7. The Kier molecular flexibility index (Phi) is 3.70. The Bertz CT molecular complexity index is 1040. The summed E-state index contributed by atoms with van der Waals surface area (Å²) in [6.07, 6.45) is 0.596. The fourth-order valence-corrected chi connectivity index (χ4v) is 4.75. The minimum Gasteiger partial charge on any atom is -0.504 e. The van der Waals surface area contributed by atoms with E-state index in [2.05, 4.69) is 4.98 Å². The first kappa shape index (κ1) is 16.0. The summed E-state index contributed by atoms with van der Waals surface area (Å²) in [5, 5.41) is 10.9. The molecule has 0 bridgehead atoms. The van der Waals surface area contributed by atoms with Crippen LogP contribution in [0.5, 0.6) is 11.5 Å². The standard InChI is InChI=1S/C18H18N2O4S/c1-24-18-10-16-13(9-17(18)21)14-11-20(8-7-15(14)19-16)25(22,23)12-5-3-2-4-6-12/h2-6,9-10,19,21H,7-8,11H2,1H3. The number of H-pyrrole nitrogens is 1. The first-order valence-electron chi connectivity index (χ1n) is 7.96. The molecule has 0 amide bonds. The lowest BCUT2D eigenvalue weighted by atomic mass is 10.1. The van der Waals surface area contributed by atoms with Crippen molar-refractivity contribution in [3.8, 4) is 11.5 Å². The Morgan fingerprint density at radius 3 is 2.68 bits per heavy atom. The van der Waals surface area contributed by atoms with Crippen LogP contribution in [0.2, 0.25) is 0 Å². The molecule has 2 heterocycles. The first-order valence-corrected chi connectivity index (χ1v) is 9.40. The summed E-state index contributed by atoms with van der Waals surface area (Å²) in [6, 6.07) is 11.8. The Balaban J connectivity index is 1.76. The largest absolute Gasteiger partial charge is 0.504 e. The van der Waals surface area contributed by atoms with Crippen LogP contribution in [0, 0.1) is 0 Å². The molecule has 0 saturated carbocycles. The number of aromatic nitrogens is 1. The van der Waals surface area contributed by atoms with Crippen molar-refractivity contribution < 1.29 is 18.3 Å². The molecule has 1 aliphatic rings. The number of rotatable bonds is 3. The van der Waals surface area contributed by atoms with Crippen LogP contribution in [0.1, 0.15) is 11.3 Å². The van der Waals surface area contributed by atoms with E-state index in [1.807, 2.05) is 0 Å². The molecule has 25 heavy (non-hydrogen) atoms. The Labute approximate surface area is 145 Å². The van der Waals surface area contributed by atoms with Crippen LogP contribution < -0.4 is 4.74 Å². The van der Waals surface area contributed by atoms with E-state index in [1.165, 1.54) is 11.4 Å². The average molecular weight is 358 g/mol. The molecule has 4 rings (SSSR count). The molecule has 0 radical (unpaired) electrons. The van der Waals surface area contributed by atoms with Gasteiger partial charge in [-0.2, -0.15) is 4.31 Å². The Morgan fingerprint density at radius 2 is 1.96 bits per heavy atom. The molecule has 2 aromatic carbocycles. The topological polar surface area (TPSA) is 82.6 Å². The second-order valence-electron chi connectivity index (χ2n) is 6.05. The lowest BCUT2D eigenvalue weighted by Crippen LogP contribution is -2.35. The van der Waals surface area contributed by atoms with Crippen molar-refractivity contribution >= 4 is 20.9 Å². The molecule has 3 aromatic rings. The number of methoxy groups -OCH3 is 1. The number of ether oxygens (including phenoxy) is 1. The van der Waals surface area contributed by atoms with Gasteiger partial charge in [0, 0.05) is 42.2 Å². The van der Waals surface area contributed by atoms with Crippen molar-refractivity contribution in [2.45, 2.75) is 17.9 Å². The van der Waals surface area contributed by atoms with E-state index in [-0.39, 0.29) is 12.3 Å². The van der Waals surface area contributed by atoms with Gasteiger partial charge in [-0.15, -0.1) is 0 Å². The SMILES string of the molecule is COc1cc2[nH]c3c(c2cc1O)CN(S(=O)(=O)c1ccccc1)CC3. The maximum atomic E-state index is 12.9. The smallest absolute Gasteiger partial charge is 0.243 e. The summed E-state index contributed by atoms with van der Waals surface area (Å²) in [4.78, 5) is 3.61. The number of fused-ring (bicyclic) bond motifs is 3. The van der Waals surface area contributed by atoms with Crippen LogP contribution in [0.3, 0.4) is 0 Å². The van der Waals surface area contributed by atoms with E-state index in [9.17, 15) is 13.5 Å². The first-order chi connectivity index (χ1) is 12.0. The van der Waals surface area contributed by atoms with Gasteiger partial charge in [-0.1, -0.05) is 18.2 Å². The summed E-state index contributed by atoms with van der Waals surface area (Å²) in [6.45, 7) is 0.693. The summed E-state index contributed by atoms with van der Waals surface area (Å²) >= 11 is 0. The van der Waals surface area contributed by atoms with Gasteiger partial charge in [0.2, 0.25) is 10.0 Å². The quantitative estimate of drug-likeness (QED) is 0.754. The van der Waals surface area contributed by atoms with Gasteiger partial charge in [0.25, 0.3) is 0 Å². The molecule has 1 aliphatic heterocycles. The number of phenols is 1. The molecule has 0 saturated heterocycles. The predicted octanol–water partition coefficient (Wildman–Crippen LogP) is 2.63. The van der Waals surface area contributed by atoms with Gasteiger partial charge < -0.3 is 14.8 Å². The fourth-order valence-electron chi connectivity index (χ4n) is 3.32. The van der Waals surface area contributed by atoms with Crippen molar-refractivity contribution in [1.29, 1.82) is 0 Å². The van der Waals surface area contributed by atoms with Gasteiger partial charge in [0.05, 0.1) is 12.0 Å². The Hall–Kier alpha value is -2.51. The predicted molar refractivity (Wildman–Crippen MR) is 94.3 cm³/mol. The summed E-state index contributed by atoms with van der Waals surface area (Å²) in [5.41, 5.74) is 2.74. The lowest BCUT2D eigenvalue weighted by Gasteiger charge is -2.26. The minimum absolute atomic E-state index is 0.0415. The van der Waals surface area contributed by atoms with Gasteiger partial charge in [-0.25, -0.2) is 8.42 Å². The van der Waals surface area contributed by atoms with Crippen molar-refractivity contribution in [3.05, 3.63) is 53.7 Å². The van der Waals surface area contributed by atoms with Gasteiger partial charge in [0.1, 0.15) is 0 Å². The van der Waals surface area contributed by atoms with Crippen molar-refractivity contribution in [3.63, 3.8) is 0 Å². The van der Waals surface area contributed by atoms with Crippen LogP contribution in [-0.4, -0.2) is 36.5 Å². The number of benzene rings is 2. The zero-order valence-corrected chi connectivity index (χ0v) is 14.5. The maximum absolute atomic E-state index is 12.9. The number of hydrogen-bond donors (Lipinski definition) is 2. The van der Waals surface area contributed by atoms with Crippen molar-refractivity contribution in [2.75, 3.05) is 13.7 Å². The Morgan fingerprint density at radius 1 is 1.20 bits per heavy atom. The average Bonchev–Trinajstić information content (AvgIpc) is 2.98. The fraction of sp³-hybridized carbons (Fsp3) is 0.222. The van der Waals surface area contributed by atoms with E-state index < -0.39 is 10.0 Å². The zero-order chi connectivity index (χ0) is 17.6. The summed E-state index contributed by atoms with van der Waals surface area (Å²) in [7, 11) is -2.04. The molecule has 0 unspecified atom stereocenters. The van der Waals surface area contributed by atoms with Crippen LogP contribution in [0.25, 0.3) is 10.9 Å². The van der Waals surface area contributed by atoms with Crippen molar-refractivity contribution in [2.24, 2.45) is 0 Å². The van der Waals surface area contributed by atoms with Crippen molar-refractivity contribution in [1.82, 2.24) is 9.29 Å². The van der Waals surface area contributed by atoms with Gasteiger partial charge >= 0.3 is 0 Å². The normalized spacial score (nSPS) is 15.2. The van der Waals surface area contributed by atoms with Crippen LogP contribution in [0.15, 0.2) is 47.4 Å². The number of phenolic OH excluding ortho intramolecular Hbond substituents is 1. The summed E-state index contributed by atoms with van der Waals surface area (Å²) < 4.78 is 32.4. The second-order valence-corrected chi connectivity index (χ2v) is 7.99. The molecule has 6 nitrogen and oxygen atoms in total. The van der Waals surface area contributed by atoms with Crippen LogP contribution >= 0.6 is 0 Å².